The summed E-state index contributed by atoms with van der Waals surface area (Å²) in [6, 6.07) is 6.39. The Morgan fingerprint density at radius 2 is 1.97 bits per heavy atom. The number of rotatable bonds is 5. The van der Waals surface area contributed by atoms with E-state index in [-0.39, 0.29) is 36.2 Å². The van der Waals surface area contributed by atoms with Crippen LogP contribution in [-0.2, 0) is 19.1 Å². The van der Waals surface area contributed by atoms with Gasteiger partial charge in [-0.05, 0) is 31.4 Å². The van der Waals surface area contributed by atoms with Crippen molar-refractivity contribution in [1.82, 2.24) is 4.90 Å². The molecule has 1 aromatic rings. The number of unbranched alkanes of at least 4 members (excludes halogenated alkanes) is 1. The van der Waals surface area contributed by atoms with Gasteiger partial charge in [0.2, 0.25) is 5.91 Å². The van der Waals surface area contributed by atoms with Gasteiger partial charge in [-0.15, -0.1) is 11.8 Å². The van der Waals surface area contributed by atoms with Gasteiger partial charge in [-0.2, -0.15) is 0 Å². The molecular weight excluding hydrogens is 476 g/mol. The summed E-state index contributed by atoms with van der Waals surface area (Å²) in [7, 11) is 0. The lowest BCUT2D eigenvalue weighted by atomic mass is 9.78. The highest BCUT2D eigenvalue weighted by atomic mass is 35.5. The van der Waals surface area contributed by atoms with Gasteiger partial charge in [0.25, 0.3) is 5.91 Å². The van der Waals surface area contributed by atoms with Gasteiger partial charge in [0, 0.05) is 24.9 Å². The fraction of sp³-hybridized carbons (Fsp3) is 0.480. The number of aliphatic hydroxyl groups excluding tert-OH is 1. The van der Waals surface area contributed by atoms with Gasteiger partial charge >= 0.3 is 5.97 Å². The van der Waals surface area contributed by atoms with E-state index in [2.05, 4.69) is 0 Å². The third kappa shape index (κ3) is 3.67. The predicted molar refractivity (Wildman–Crippen MR) is 131 cm³/mol. The molecule has 4 heterocycles. The molecule has 7 nitrogen and oxygen atoms in total. The van der Waals surface area contributed by atoms with Gasteiger partial charge < -0.3 is 19.6 Å². The number of aliphatic hydroxyl groups is 1. The first-order chi connectivity index (χ1) is 16.5. The number of fused-ring (bicyclic) bond motifs is 2. The number of likely N-dealkylation sites (tertiary alicyclic amines) is 1. The van der Waals surface area contributed by atoms with E-state index < -0.39 is 22.6 Å². The van der Waals surface area contributed by atoms with Gasteiger partial charge in [0.1, 0.15) is 6.04 Å². The molecule has 0 radical (unpaired) electrons. The normalized spacial score (nSPS) is 32.6. The van der Waals surface area contributed by atoms with E-state index in [9.17, 15) is 19.5 Å². The molecule has 9 heteroatoms. The Bertz CT molecular complexity index is 1060. The van der Waals surface area contributed by atoms with E-state index in [1.165, 1.54) is 11.8 Å². The number of hydrogen-bond donors (Lipinski definition) is 1. The number of benzene rings is 1. The predicted octanol–water partition coefficient (Wildman–Crippen LogP) is 2.82. The molecule has 5 rings (SSSR count). The van der Waals surface area contributed by atoms with Gasteiger partial charge in [0.05, 0.1) is 33.9 Å². The van der Waals surface area contributed by atoms with Crippen LogP contribution in [0.2, 0.25) is 5.02 Å². The molecule has 1 N–H and O–H groups in total. The zero-order valence-electron chi connectivity index (χ0n) is 18.6. The number of cyclic esters (lactones) is 1. The molecule has 0 bridgehead atoms. The Hall–Kier alpha value is -2.29. The highest BCUT2D eigenvalue weighted by molar-refractivity contribution is 8.02. The van der Waals surface area contributed by atoms with E-state index in [1.54, 1.807) is 21.9 Å². The third-order valence-corrected chi connectivity index (χ3v) is 9.13. The number of carbonyl (C=O) groups excluding carboxylic acids is 3. The maximum absolute atomic E-state index is 14.2. The van der Waals surface area contributed by atoms with E-state index in [0.717, 1.165) is 0 Å². The zero-order chi connectivity index (χ0) is 23.9. The van der Waals surface area contributed by atoms with Crippen molar-refractivity contribution < 1.29 is 24.2 Å². The highest BCUT2D eigenvalue weighted by Gasteiger charge is 2.70. The van der Waals surface area contributed by atoms with Crippen LogP contribution >= 0.6 is 23.4 Å². The Morgan fingerprint density at radius 1 is 1.15 bits per heavy atom. The summed E-state index contributed by atoms with van der Waals surface area (Å²) in [4.78, 5) is 44.4. The van der Waals surface area contributed by atoms with Gasteiger partial charge in [-0.3, -0.25) is 14.4 Å². The minimum atomic E-state index is -0.883. The molecule has 2 amide bonds. The minimum absolute atomic E-state index is 0.0113. The number of esters is 1. The SMILES string of the molecule is O=C1OCCC=C[C@H]2S[C@]34C=CCN(c5ccccc5Cl)C(=O)C3N(CCCCO)C(=O)[C@@H]4[C@@H]12. The molecule has 34 heavy (non-hydrogen) atoms. The second-order valence-electron chi connectivity index (χ2n) is 8.99. The number of anilines is 1. The van der Waals surface area contributed by atoms with Crippen LogP contribution in [0.4, 0.5) is 5.69 Å². The summed E-state index contributed by atoms with van der Waals surface area (Å²) in [6.45, 7) is 0.955. The number of ether oxygens (including phenoxy) is 1. The molecule has 1 unspecified atom stereocenters. The monoisotopic (exact) mass is 502 g/mol. The standard InChI is InChI=1S/C25H27ClN2O5S/c26-16-8-1-2-9-17(16)27-13-7-11-25-20(19-18(34-25)10-3-6-15-33-24(19)32)22(30)28(12-4-5-14-29)21(25)23(27)31/h1-3,7-11,18-21,29H,4-6,12-15H2/t18-,19+,20+,21?,25+/m1/s1. The third-order valence-electron chi connectivity index (χ3n) is 7.07. The van der Waals surface area contributed by atoms with Gasteiger partial charge in [-0.1, -0.05) is 48.0 Å². The van der Waals surface area contributed by atoms with Crippen molar-refractivity contribution in [3.8, 4) is 0 Å². The lowest BCUT2D eigenvalue weighted by Crippen LogP contribution is -2.53. The van der Waals surface area contributed by atoms with Crippen LogP contribution in [-0.4, -0.2) is 70.1 Å². The van der Waals surface area contributed by atoms with E-state index in [0.29, 0.717) is 43.1 Å². The Kier molecular flexibility index (Phi) is 6.48. The number of para-hydroxylation sites is 1. The molecule has 4 aliphatic rings. The van der Waals surface area contributed by atoms with Crippen LogP contribution in [0.25, 0.3) is 0 Å². The number of amides is 2. The van der Waals surface area contributed by atoms with Crippen molar-refractivity contribution in [2.24, 2.45) is 11.8 Å². The average molecular weight is 503 g/mol. The lowest BCUT2D eigenvalue weighted by molar-refractivity contribution is -0.153. The first-order valence-corrected chi connectivity index (χ1v) is 12.9. The van der Waals surface area contributed by atoms with E-state index in [4.69, 9.17) is 16.3 Å². The Balaban J connectivity index is 1.60. The van der Waals surface area contributed by atoms with Crippen LogP contribution in [0.3, 0.4) is 0 Å². The van der Waals surface area contributed by atoms with Crippen molar-refractivity contribution in [3.63, 3.8) is 0 Å². The first kappa shape index (κ1) is 23.5. The highest BCUT2D eigenvalue weighted by Crippen LogP contribution is 2.61. The van der Waals surface area contributed by atoms with Crippen molar-refractivity contribution in [2.75, 3.05) is 31.2 Å². The largest absolute Gasteiger partial charge is 0.465 e. The molecule has 0 saturated carbocycles. The lowest BCUT2D eigenvalue weighted by Gasteiger charge is -2.35. The molecule has 2 fully saturated rings. The number of halogens is 1. The van der Waals surface area contributed by atoms with Crippen molar-refractivity contribution in [3.05, 3.63) is 53.6 Å². The van der Waals surface area contributed by atoms with Crippen LogP contribution in [0.15, 0.2) is 48.6 Å². The second kappa shape index (κ2) is 9.40. The molecular formula is C25H27ClN2O5S. The maximum atomic E-state index is 14.2. The molecule has 1 aromatic carbocycles. The summed E-state index contributed by atoms with van der Waals surface area (Å²) in [5, 5.41) is 9.50. The van der Waals surface area contributed by atoms with Gasteiger partial charge in [-0.25, -0.2) is 0 Å². The topological polar surface area (TPSA) is 87.2 Å². The molecule has 1 spiro atoms. The van der Waals surface area contributed by atoms with Crippen LogP contribution in [0, 0.1) is 11.8 Å². The number of thioether (sulfide) groups is 1. The summed E-state index contributed by atoms with van der Waals surface area (Å²) < 4.78 is 4.60. The number of hydrogen-bond acceptors (Lipinski definition) is 6. The van der Waals surface area contributed by atoms with Crippen LogP contribution < -0.4 is 4.90 Å². The Morgan fingerprint density at radius 3 is 2.76 bits per heavy atom. The van der Waals surface area contributed by atoms with Crippen LogP contribution in [0.1, 0.15) is 19.3 Å². The minimum Gasteiger partial charge on any atom is -0.465 e. The number of carbonyl (C=O) groups is 3. The van der Waals surface area contributed by atoms with E-state index >= 15 is 0 Å². The summed E-state index contributed by atoms with van der Waals surface area (Å²) in [5.74, 6) is -2.13. The summed E-state index contributed by atoms with van der Waals surface area (Å²) in [6.07, 6.45) is 9.60. The molecule has 5 atom stereocenters. The first-order valence-electron chi connectivity index (χ1n) is 11.7. The van der Waals surface area contributed by atoms with Crippen molar-refractivity contribution in [1.29, 1.82) is 0 Å². The fourth-order valence-corrected chi connectivity index (χ4v) is 7.87. The second-order valence-corrected chi connectivity index (χ2v) is 10.9. The molecule has 2 saturated heterocycles. The van der Waals surface area contributed by atoms with Crippen molar-refractivity contribution >= 4 is 46.8 Å². The zero-order valence-corrected chi connectivity index (χ0v) is 20.2. The smallest absolute Gasteiger partial charge is 0.311 e. The molecule has 0 aliphatic carbocycles. The van der Waals surface area contributed by atoms with Crippen molar-refractivity contribution in [2.45, 2.75) is 35.3 Å². The maximum Gasteiger partial charge on any atom is 0.311 e. The van der Waals surface area contributed by atoms with Crippen LogP contribution in [0.5, 0.6) is 0 Å². The summed E-state index contributed by atoms with van der Waals surface area (Å²) in [5.41, 5.74) is 0.593. The van der Waals surface area contributed by atoms with E-state index in [1.807, 2.05) is 36.4 Å². The summed E-state index contributed by atoms with van der Waals surface area (Å²) >= 11 is 7.97. The fourth-order valence-electron chi connectivity index (χ4n) is 5.63. The molecule has 4 aliphatic heterocycles. The quantitative estimate of drug-likeness (QED) is 0.378. The Labute approximate surface area is 207 Å². The van der Waals surface area contributed by atoms with Gasteiger partial charge in [0.15, 0.2) is 0 Å². The molecule has 180 valence electrons. The molecule has 0 aromatic heterocycles. The average Bonchev–Trinajstić information content (AvgIpc) is 3.18. The number of nitrogens with zero attached hydrogens (tertiary/aromatic N) is 2.